The van der Waals surface area contributed by atoms with Crippen LogP contribution in [0.15, 0.2) is 33.9 Å². The third-order valence-corrected chi connectivity index (χ3v) is 6.48. The van der Waals surface area contributed by atoms with E-state index in [1.165, 1.54) is 9.13 Å². The van der Waals surface area contributed by atoms with Crippen LogP contribution in [0.25, 0.3) is 11.2 Å². The quantitative estimate of drug-likeness (QED) is 0.501. The van der Waals surface area contributed by atoms with Crippen molar-refractivity contribution in [1.29, 1.82) is 5.26 Å². The Bertz CT molecular complexity index is 1610. The van der Waals surface area contributed by atoms with E-state index in [0.717, 1.165) is 18.4 Å². The molecule has 0 spiro atoms. The Morgan fingerprint density at radius 1 is 1.21 bits per heavy atom. The number of carbonyl (C=O) groups is 1. The summed E-state index contributed by atoms with van der Waals surface area (Å²) in [6.07, 6.45) is 1.10. The van der Waals surface area contributed by atoms with Gasteiger partial charge in [-0.15, -0.1) is 5.92 Å². The number of hydrogen-bond donors (Lipinski definition) is 1. The van der Waals surface area contributed by atoms with Crippen LogP contribution in [-0.2, 0) is 24.9 Å². The van der Waals surface area contributed by atoms with E-state index >= 15 is 0 Å². The number of hydrogen-bond acceptors (Lipinski definition) is 7. The second kappa shape index (κ2) is 11.1. The lowest BCUT2D eigenvalue weighted by molar-refractivity contribution is 0.0499. The van der Waals surface area contributed by atoms with Crippen LogP contribution in [0.1, 0.15) is 51.7 Å². The monoisotopic (exact) mass is 531 g/mol. The number of ether oxygens (including phenoxy) is 1. The van der Waals surface area contributed by atoms with Gasteiger partial charge in [0, 0.05) is 26.2 Å². The maximum atomic E-state index is 13.7. The van der Waals surface area contributed by atoms with Gasteiger partial charge < -0.3 is 15.0 Å². The van der Waals surface area contributed by atoms with Crippen LogP contribution in [0.3, 0.4) is 0 Å². The molecular formula is C28H33N7O4. The first-order chi connectivity index (χ1) is 18.5. The highest BCUT2D eigenvalue weighted by Gasteiger charge is 2.29. The number of fused-ring (bicyclic) bond motifs is 1. The van der Waals surface area contributed by atoms with Gasteiger partial charge in [0.25, 0.3) is 5.56 Å². The van der Waals surface area contributed by atoms with E-state index in [-0.39, 0.29) is 30.3 Å². The molecule has 4 rings (SSSR count). The molecule has 0 saturated carbocycles. The summed E-state index contributed by atoms with van der Waals surface area (Å²) >= 11 is 0. The minimum Gasteiger partial charge on any atom is -0.444 e. The smallest absolute Gasteiger partial charge is 0.407 e. The fourth-order valence-electron chi connectivity index (χ4n) is 4.67. The molecule has 0 bridgehead atoms. The first-order valence-electron chi connectivity index (χ1n) is 12.9. The van der Waals surface area contributed by atoms with Crippen LogP contribution in [-0.4, -0.2) is 49.5 Å². The molecule has 1 N–H and O–H groups in total. The number of rotatable bonds is 5. The molecule has 204 valence electrons. The van der Waals surface area contributed by atoms with Crippen molar-refractivity contribution >= 4 is 23.2 Å². The van der Waals surface area contributed by atoms with Gasteiger partial charge in [-0.25, -0.2) is 9.59 Å². The zero-order valence-electron chi connectivity index (χ0n) is 22.9. The summed E-state index contributed by atoms with van der Waals surface area (Å²) in [6.45, 7) is 8.57. The highest BCUT2D eigenvalue weighted by atomic mass is 16.6. The fraction of sp³-hybridized carbons (Fsp3) is 0.464. The number of piperidine rings is 1. The molecule has 3 aromatic rings. The van der Waals surface area contributed by atoms with Gasteiger partial charge in [0.1, 0.15) is 5.60 Å². The second-order valence-corrected chi connectivity index (χ2v) is 10.6. The van der Waals surface area contributed by atoms with E-state index in [1.807, 2.05) is 25.7 Å². The van der Waals surface area contributed by atoms with Crippen molar-refractivity contribution in [1.82, 2.24) is 24.0 Å². The Labute approximate surface area is 226 Å². The number of benzene rings is 1. The first kappa shape index (κ1) is 27.5. The third kappa shape index (κ3) is 5.99. The molecular weight excluding hydrogens is 498 g/mol. The summed E-state index contributed by atoms with van der Waals surface area (Å²) in [7, 11) is 1.59. The van der Waals surface area contributed by atoms with E-state index < -0.39 is 22.9 Å². The maximum absolute atomic E-state index is 13.7. The number of alkyl carbamates (subject to hydrolysis) is 1. The summed E-state index contributed by atoms with van der Waals surface area (Å²) in [5.74, 6) is 6.42. The highest BCUT2D eigenvalue weighted by Crippen LogP contribution is 2.23. The van der Waals surface area contributed by atoms with Gasteiger partial charge in [0.2, 0.25) is 5.95 Å². The Morgan fingerprint density at radius 2 is 1.92 bits per heavy atom. The summed E-state index contributed by atoms with van der Waals surface area (Å²) < 4.78 is 9.72. The predicted molar refractivity (Wildman–Crippen MR) is 148 cm³/mol. The Morgan fingerprint density at radius 3 is 2.56 bits per heavy atom. The lowest BCUT2D eigenvalue weighted by atomic mass is 10.1. The van der Waals surface area contributed by atoms with Crippen LogP contribution in [0.5, 0.6) is 0 Å². The molecule has 1 aliphatic rings. The van der Waals surface area contributed by atoms with E-state index in [2.05, 4.69) is 23.2 Å². The standard InChI is InChI=1S/C28H33N7O4/c1-6-7-15-34-22-23(31-25(34)33-14-8-9-21(18-33)30-26(37)39-28(2,3)4)32(5)27(38)35(24(22)36)17-20-12-10-19(16-29)11-13-20/h10-13,21H,8-9,14-15,17-18H2,1-5H3,(H,30,37)/t21-/m1/s1. The SMILES string of the molecule is CC#CCn1c(N2CCC[C@@H](NC(=O)OC(C)(C)C)C2)nc2c1c(=O)n(Cc1ccc(C#N)cc1)c(=O)n2C. The number of aromatic nitrogens is 4. The van der Waals surface area contributed by atoms with Crippen molar-refractivity contribution in [2.24, 2.45) is 7.05 Å². The van der Waals surface area contributed by atoms with Gasteiger partial charge >= 0.3 is 11.8 Å². The summed E-state index contributed by atoms with van der Waals surface area (Å²) in [4.78, 5) is 46.1. The van der Waals surface area contributed by atoms with E-state index in [1.54, 1.807) is 42.8 Å². The van der Waals surface area contributed by atoms with Crippen molar-refractivity contribution in [3.8, 4) is 17.9 Å². The van der Waals surface area contributed by atoms with Gasteiger partial charge in [-0.2, -0.15) is 10.2 Å². The molecule has 0 aliphatic carbocycles. The van der Waals surface area contributed by atoms with Crippen molar-refractivity contribution < 1.29 is 9.53 Å². The van der Waals surface area contributed by atoms with Gasteiger partial charge in [-0.05, 0) is 58.2 Å². The summed E-state index contributed by atoms with van der Waals surface area (Å²) in [6, 6.07) is 8.66. The zero-order chi connectivity index (χ0) is 28.3. The second-order valence-electron chi connectivity index (χ2n) is 10.6. The third-order valence-electron chi connectivity index (χ3n) is 6.48. The number of amides is 1. The summed E-state index contributed by atoms with van der Waals surface area (Å²) in [5.41, 5.74) is 0.220. The first-order valence-corrected chi connectivity index (χ1v) is 12.9. The van der Waals surface area contributed by atoms with Crippen LogP contribution < -0.4 is 21.5 Å². The predicted octanol–water partition coefficient (Wildman–Crippen LogP) is 2.33. The number of nitriles is 1. The Kier molecular flexibility index (Phi) is 7.82. The molecule has 1 aliphatic heterocycles. The largest absolute Gasteiger partial charge is 0.444 e. The number of nitrogens with zero attached hydrogens (tertiary/aromatic N) is 6. The molecule has 3 heterocycles. The lowest BCUT2D eigenvalue weighted by Gasteiger charge is -2.34. The highest BCUT2D eigenvalue weighted by molar-refractivity contribution is 5.75. The van der Waals surface area contributed by atoms with E-state index in [4.69, 9.17) is 15.0 Å². The molecule has 1 aromatic carbocycles. The number of carbonyl (C=O) groups excluding carboxylic acids is 1. The van der Waals surface area contributed by atoms with Crippen molar-refractivity contribution in [3.05, 3.63) is 56.2 Å². The van der Waals surface area contributed by atoms with Gasteiger partial charge in [0.15, 0.2) is 11.2 Å². The zero-order valence-corrected chi connectivity index (χ0v) is 22.9. The number of imidazole rings is 1. The molecule has 11 heteroatoms. The maximum Gasteiger partial charge on any atom is 0.407 e. The number of aryl methyl sites for hydroxylation is 1. The molecule has 1 atom stereocenters. The van der Waals surface area contributed by atoms with Crippen LogP contribution in [0, 0.1) is 23.2 Å². The Balaban J connectivity index is 1.74. The van der Waals surface area contributed by atoms with E-state index in [0.29, 0.717) is 24.6 Å². The van der Waals surface area contributed by atoms with Crippen LogP contribution in [0.2, 0.25) is 0 Å². The van der Waals surface area contributed by atoms with Gasteiger partial charge in [-0.1, -0.05) is 18.1 Å². The number of anilines is 1. The molecule has 0 unspecified atom stereocenters. The molecule has 2 aromatic heterocycles. The fourth-order valence-corrected chi connectivity index (χ4v) is 4.67. The molecule has 11 nitrogen and oxygen atoms in total. The molecule has 1 saturated heterocycles. The van der Waals surface area contributed by atoms with Crippen LogP contribution in [0.4, 0.5) is 10.7 Å². The average molecular weight is 532 g/mol. The topological polar surface area (TPSA) is 127 Å². The van der Waals surface area contributed by atoms with Crippen molar-refractivity contribution in [2.75, 3.05) is 18.0 Å². The molecule has 1 amide bonds. The normalized spacial score (nSPS) is 15.4. The van der Waals surface area contributed by atoms with E-state index in [9.17, 15) is 14.4 Å². The summed E-state index contributed by atoms with van der Waals surface area (Å²) in [5, 5.41) is 12.0. The van der Waals surface area contributed by atoms with Crippen molar-refractivity contribution in [2.45, 2.75) is 65.3 Å². The number of nitrogens with one attached hydrogen (secondary N) is 1. The van der Waals surface area contributed by atoms with Crippen LogP contribution >= 0.6 is 0 Å². The average Bonchev–Trinajstić information content (AvgIpc) is 3.28. The molecule has 39 heavy (non-hydrogen) atoms. The minimum absolute atomic E-state index is 0.0543. The van der Waals surface area contributed by atoms with Gasteiger partial charge in [0.05, 0.1) is 24.7 Å². The lowest BCUT2D eigenvalue weighted by Crippen LogP contribution is -2.49. The molecule has 0 radical (unpaired) electrons. The minimum atomic E-state index is -0.603. The molecule has 1 fully saturated rings. The van der Waals surface area contributed by atoms with Gasteiger partial charge in [-0.3, -0.25) is 18.5 Å². The van der Waals surface area contributed by atoms with Crippen molar-refractivity contribution in [3.63, 3.8) is 0 Å². The Hall–Kier alpha value is -4.51.